The number of hydrogen-bond acceptors (Lipinski definition) is 10. The van der Waals surface area contributed by atoms with Gasteiger partial charge in [-0.1, -0.05) is 13.3 Å². The summed E-state index contributed by atoms with van der Waals surface area (Å²) < 4.78 is 17.2. The van der Waals surface area contributed by atoms with Gasteiger partial charge in [-0.05, 0) is 94.5 Å². The molecule has 2 heterocycles. The van der Waals surface area contributed by atoms with Crippen molar-refractivity contribution < 1.29 is 49.3 Å². The molecule has 0 aromatic carbocycles. The van der Waals surface area contributed by atoms with E-state index in [4.69, 9.17) is 14.2 Å². The van der Waals surface area contributed by atoms with Crippen molar-refractivity contribution in [2.45, 2.75) is 152 Å². The molecule has 0 aromatic heterocycles. The minimum Gasteiger partial charge on any atom is -0.458 e. The smallest absolute Gasteiger partial charge is 0.331 e. The van der Waals surface area contributed by atoms with Crippen molar-refractivity contribution in [3.8, 4) is 0 Å². The van der Waals surface area contributed by atoms with Crippen LogP contribution in [0, 0.1) is 28.6 Å². The maximum absolute atomic E-state index is 12.4. The molecule has 12 atom stereocenters. The van der Waals surface area contributed by atoms with Crippen LogP contribution in [0.4, 0.5) is 0 Å². The van der Waals surface area contributed by atoms with E-state index in [1.165, 1.54) is 6.42 Å². The molecule has 10 nitrogen and oxygen atoms in total. The molecule has 5 N–H and O–H groups in total. The fraction of sp³-hybridized carbons (Fsp3) is 0.886. The van der Waals surface area contributed by atoms with Gasteiger partial charge in [0.15, 0.2) is 6.29 Å². The summed E-state index contributed by atoms with van der Waals surface area (Å²) in [6.45, 7) is 4.05. The van der Waals surface area contributed by atoms with E-state index in [1.54, 1.807) is 13.0 Å². The van der Waals surface area contributed by atoms with Gasteiger partial charge in [-0.2, -0.15) is 0 Å². The lowest BCUT2D eigenvalue weighted by Gasteiger charge is -2.66. The van der Waals surface area contributed by atoms with E-state index in [0.717, 1.165) is 50.5 Å². The van der Waals surface area contributed by atoms with Gasteiger partial charge in [0, 0.05) is 42.6 Å². The molecule has 10 heteroatoms. The number of carbonyl (C=O) groups excluding carboxylic acids is 2. The minimum absolute atomic E-state index is 0.0117. The Bertz CT molecular complexity index is 1140. The molecule has 0 amide bonds. The number of Topliss-reactive ketones (excluding diaryl/α,β-unsaturated/α-hetero) is 1. The number of carbonyl (C=O) groups is 2. The average molecular weight is 635 g/mol. The number of fused-ring (bicyclic) bond motifs is 5. The van der Waals surface area contributed by atoms with Crippen molar-refractivity contribution in [1.29, 1.82) is 0 Å². The maximum Gasteiger partial charge on any atom is 0.331 e. The Balaban J connectivity index is 0.000000452. The third kappa shape index (κ3) is 5.64. The molecular formula is C35H54O10. The highest BCUT2D eigenvalue weighted by Gasteiger charge is 2.71. The van der Waals surface area contributed by atoms with Gasteiger partial charge in [0.05, 0.1) is 36.1 Å². The van der Waals surface area contributed by atoms with Crippen molar-refractivity contribution in [3.63, 3.8) is 0 Å². The van der Waals surface area contributed by atoms with Crippen LogP contribution in [0.2, 0.25) is 0 Å². The number of rotatable bonds is 4. The Labute approximate surface area is 266 Å². The number of ketones is 1. The molecule has 0 bridgehead atoms. The molecule has 0 aromatic rings. The van der Waals surface area contributed by atoms with E-state index in [-0.39, 0.29) is 48.3 Å². The summed E-state index contributed by atoms with van der Waals surface area (Å²) in [5, 5.41) is 55.6. The number of cyclic esters (lactones) is 1. The largest absolute Gasteiger partial charge is 0.458 e. The first-order valence-electron chi connectivity index (χ1n) is 17.5. The van der Waals surface area contributed by atoms with Gasteiger partial charge in [0.1, 0.15) is 18.5 Å². The maximum atomic E-state index is 12.4. The van der Waals surface area contributed by atoms with Gasteiger partial charge in [0.2, 0.25) is 0 Å². The number of hydrogen-bond donors (Lipinski definition) is 5. The van der Waals surface area contributed by atoms with Crippen LogP contribution in [0.5, 0.6) is 0 Å². The van der Waals surface area contributed by atoms with Gasteiger partial charge in [-0.3, -0.25) is 4.79 Å². The van der Waals surface area contributed by atoms with Crippen LogP contribution < -0.4 is 0 Å². The first-order valence-corrected chi connectivity index (χ1v) is 17.5. The Hall–Kier alpha value is -1.40. The summed E-state index contributed by atoms with van der Waals surface area (Å²) in [6.07, 6.45) is 9.48. The molecule has 7 aliphatic rings. The summed E-state index contributed by atoms with van der Waals surface area (Å²) >= 11 is 0. The standard InChI is InChI=1S/C29H44O9.C6H10O/c1-16-25(33)22(31)12-24(37-16)38-18-3-8-27(15-30)20-4-7-26(2)19(17-11-23(32)36-14-17)6-10-29(26,35)21(20)5-9-28(27,34)13-18;7-6-4-2-1-3-5-6/h11,16,18-22,24-25,30-31,33-35H,3-10,12-15H2,1-2H3;1-5H2. The van der Waals surface area contributed by atoms with E-state index < -0.39 is 41.2 Å². The van der Waals surface area contributed by atoms with Crippen molar-refractivity contribution >= 4 is 11.8 Å². The van der Waals surface area contributed by atoms with E-state index in [1.807, 2.05) is 0 Å². The van der Waals surface area contributed by atoms with Crippen LogP contribution in [-0.4, -0.2) is 92.4 Å². The minimum atomic E-state index is -1.12. The van der Waals surface area contributed by atoms with E-state index in [9.17, 15) is 35.1 Å². The summed E-state index contributed by atoms with van der Waals surface area (Å²) in [6, 6.07) is 0. The highest BCUT2D eigenvalue weighted by atomic mass is 16.7. The second-order valence-electron chi connectivity index (χ2n) is 15.6. The zero-order valence-electron chi connectivity index (χ0n) is 27.0. The average Bonchev–Trinajstić information content (AvgIpc) is 3.55. The zero-order valence-corrected chi connectivity index (χ0v) is 27.0. The normalized spacial score (nSPS) is 49.5. The van der Waals surface area contributed by atoms with E-state index in [0.29, 0.717) is 50.9 Å². The fourth-order valence-corrected chi connectivity index (χ4v) is 10.9. The Morgan fingerprint density at radius 3 is 2.31 bits per heavy atom. The lowest BCUT2D eigenvalue weighted by atomic mass is 9.41. The monoisotopic (exact) mass is 634 g/mol. The molecule has 6 fully saturated rings. The summed E-state index contributed by atoms with van der Waals surface area (Å²) in [5.74, 6) is 0.219. The Morgan fingerprint density at radius 1 is 0.956 bits per heavy atom. The van der Waals surface area contributed by atoms with Gasteiger partial charge >= 0.3 is 5.97 Å². The fourth-order valence-electron chi connectivity index (χ4n) is 10.9. The second kappa shape index (κ2) is 12.6. The molecule has 5 saturated carbocycles. The third-order valence-corrected chi connectivity index (χ3v) is 13.5. The quantitative estimate of drug-likeness (QED) is 0.229. The topological polar surface area (TPSA) is 163 Å². The molecule has 45 heavy (non-hydrogen) atoms. The van der Waals surface area contributed by atoms with Gasteiger partial charge < -0.3 is 39.7 Å². The molecule has 12 unspecified atom stereocenters. The second-order valence-corrected chi connectivity index (χ2v) is 15.6. The molecular weight excluding hydrogens is 580 g/mol. The molecule has 0 radical (unpaired) electrons. The molecule has 5 aliphatic carbocycles. The Kier molecular flexibility index (Phi) is 9.35. The van der Waals surface area contributed by atoms with Crippen molar-refractivity contribution in [1.82, 2.24) is 0 Å². The molecule has 0 spiro atoms. The van der Waals surface area contributed by atoms with Crippen LogP contribution in [0.3, 0.4) is 0 Å². The van der Waals surface area contributed by atoms with E-state index in [2.05, 4.69) is 6.92 Å². The first kappa shape index (κ1) is 33.5. The highest BCUT2D eigenvalue weighted by Crippen LogP contribution is 2.70. The molecule has 254 valence electrons. The van der Waals surface area contributed by atoms with Crippen LogP contribution >= 0.6 is 0 Å². The van der Waals surface area contributed by atoms with Crippen molar-refractivity contribution in [3.05, 3.63) is 11.6 Å². The van der Waals surface area contributed by atoms with E-state index >= 15 is 0 Å². The first-order chi connectivity index (χ1) is 21.4. The molecule has 1 saturated heterocycles. The lowest BCUT2D eigenvalue weighted by molar-refractivity contribution is -0.297. The number of esters is 1. The summed E-state index contributed by atoms with van der Waals surface area (Å²) in [4.78, 5) is 22.3. The summed E-state index contributed by atoms with van der Waals surface area (Å²) in [7, 11) is 0. The van der Waals surface area contributed by atoms with Crippen molar-refractivity contribution in [2.24, 2.45) is 28.6 Å². The van der Waals surface area contributed by atoms with Crippen LogP contribution in [-0.2, 0) is 23.8 Å². The number of aliphatic hydroxyl groups excluding tert-OH is 3. The zero-order chi connectivity index (χ0) is 32.2. The predicted octanol–water partition coefficient (Wildman–Crippen LogP) is 3.09. The van der Waals surface area contributed by atoms with Crippen LogP contribution in [0.15, 0.2) is 11.6 Å². The van der Waals surface area contributed by atoms with Gasteiger partial charge in [0.25, 0.3) is 0 Å². The summed E-state index contributed by atoms with van der Waals surface area (Å²) in [5.41, 5.74) is -2.15. The third-order valence-electron chi connectivity index (χ3n) is 13.5. The van der Waals surface area contributed by atoms with Gasteiger partial charge in [-0.25, -0.2) is 4.79 Å². The van der Waals surface area contributed by atoms with Crippen LogP contribution in [0.25, 0.3) is 0 Å². The lowest BCUT2D eigenvalue weighted by Crippen LogP contribution is -2.69. The van der Waals surface area contributed by atoms with Crippen LogP contribution in [0.1, 0.15) is 110 Å². The highest BCUT2D eigenvalue weighted by molar-refractivity contribution is 5.85. The number of ether oxygens (including phenoxy) is 3. The van der Waals surface area contributed by atoms with Crippen molar-refractivity contribution in [2.75, 3.05) is 13.2 Å². The number of aliphatic hydroxyl groups is 5. The molecule has 2 aliphatic heterocycles. The Morgan fingerprint density at radius 2 is 1.69 bits per heavy atom. The SMILES string of the molecule is CC1OC(OC2CCC3(CO)C4CCC5(C)C(C6=CC(=O)OC6)CCC5(O)C4CCC3(O)C2)CC(O)C1O.O=C1CCCCC1. The molecule has 7 rings (SSSR count). The predicted molar refractivity (Wildman–Crippen MR) is 163 cm³/mol. The van der Waals surface area contributed by atoms with Gasteiger partial charge in [-0.15, -0.1) is 0 Å².